The normalized spacial score (nSPS) is 17.1. The van der Waals surface area contributed by atoms with E-state index in [0.717, 1.165) is 47.2 Å². The first-order valence-electron chi connectivity index (χ1n) is 14.0. The van der Waals surface area contributed by atoms with Gasteiger partial charge in [0, 0.05) is 29.0 Å². The molecule has 0 spiro atoms. The topological polar surface area (TPSA) is 112 Å². The Balaban J connectivity index is 1.29. The highest BCUT2D eigenvalue weighted by Crippen LogP contribution is 2.40. The third-order valence-corrected chi connectivity index (χ3v) is 8.22. The Hall–Kier alpha value is -4.37. The lowest BCUT2D eigenvalue weighted by Gasteiger charge is -2.31. The lowest BCUT2D eigenvalue weighted by atomic mass is 9.86. The first kappa shape index (κ1) is 26.8. The van der Waals surface area contributed by atoms with Crippen molar-refractivity contribution in [1.29, 1.82) is 0 Å². The highest BCUT2D eigenvalue weighted by molar-refractivity contribution is 5.93. The van der Waals surface area contributed by atoms with Crippen LogP contribution in [-0.4, -0.2) is 33.0 Å². The highest BCUT2D eigenvalue weighted by Gasteiger charge is 2.45. The van der Waals surface area contributed by atoms with Crippen molar-refractivity contribution in [3.8, 4) is 17.1 Å². The van der Waals surface area contributed by atoms with Crippen LogP contribution in [0.2, 0.25) is 0 Å². The van der Waals surface area contributed by atoms with Crippen molar-refractivity contribution in [2.75, 3.05) is 6.61 Å². The minimum atomic E-state index is -1.85. The molecule has 9 nitrogen and oxygen atoms in total. The molecule has 4 aromatic rings. The number of esters is 1. The van der Waals surface area contributed by atoms with E-state index in [1.165, 1.54) is 0 Å². The van der Waals surface area contributed by atoms with Gasteiger partial charge < -0.3 is 19.1 Å². The molecule has 41 heavy (non-hydrogen) atoms. The predicted molar refractivity (Wildman–Crippen MR) is 151 cm³/mol. The van der Waals surface area contributed by atoms with Crippen molar-refractivity contribution in [3.05, 3.63) is 87.0 Å². The van der Waals surface area contributed by atoms with Crippen molar-refractivity contribution in [2.24, 2.45) is 0 Å². The number of cyclic esters (lactones) is 1. The Labute approximate surface area is 237 Å². The van der Waals surface area contributed by atoms with Crippen LogP contribution in [0.4, 0.5) is 0 Å². The molecule has 210 valence electrons. The summed E-state index contributed by atoms with van der Waals surface area (Å²) in [6.45, 7) is 6.78. The monoisotopic (exact) mass is 554 g/mol. The van der Waals surface area contributed by atoms with E-state index in [0.29, 0.717) is 41.2 Å². The molecule has 0 unspecified atom stereocenters. The highest BCUT2D eigenvalue weighted by atomic mass is 16.6. The number of Topliss-reactive ketones (excluding diaryl/α,β-unsaturated/α-hetero) is 1. The van der Waals surface area contributed by atoms with Crippen molar-refractivity contribution in [2.45, 2.75) is 65.3 Å². The van der Waals surface area contributed by atoms with Gasteiger partial charge in [0.05, 0.1) is 41.2 Å². The van der Waals surface area contributed by atoms with Crippen molar-refractivity contribution >= 4 is 22.7 Å². The van der Waals surface area contributed by atoms with Gasteiger partial charge in [0.25, 0.3) is 5.56 Å². The van der Waals surface area contributed by atoms with Crippen molar-refractivity contribution in [1.82, 2.24) is 9.55 Å². The van der Waals surface area contributed by atoms with Crippen LogP contribution < -0.4 is 14.9 Å². The molecule has 0 bridgehead atoms. The Morgan fingerprint density at radius 1 is 1.20 bits per heavy atom. The summed E-state index contributed by atoms with van der Waals surface area (Å²) in [7, 11) is 0. The van der Waals surface area contributed by atoms with Crippen molar-refractivity contribution < 1.29 is 28.7 Å². The van der Waals surface area contributed by atoms with Gasteiger partial charge in [-0.05, 0) is 55.7 Å². The Morgan fingerprint density at radius 2 is 2.02 bits per heavy atom. The molecule has 1 N–H and O–H groups in total. The fourth-order valence-corrected chi connectivity index (χ4v) is 5.94. The fourth-order valence-electron chi connectivity index (χ4n) is 5.94. The molecule has 0 saturated carbocycles. The van der Waals surface area contributed by atoms with E-state index in [2.05, 4.69) is 6.92 Å². The fraction of sp³-hybridized carbons (Fsp3) is 0.344. The van der Waals surface area contributed by atoms with Crippen molar-refractivity contribution in [3.63, 3.8) is 0 Å². The number of hydrogen-bond donors (Lipinski definition) is 1. The largest absolute Gasteiger partial charge is 0.493 e. The summed E-state index contributed by atoms with van der Waals surface area (Å²) in [4.78, 5) is 42.6. The Morgan fingerprint density at radius 3 is 2.78 bits per heavy atom. The van der Waals surface area contributed by atoms with E-state index in [1.807, 2.05) is 47.3 Å². The summed E-state index contributed by atoms with van der Waals surface area (Å²) < 4.78 is 14.9. The molecule has 3 aromatic heterocycles. The Kier molecular flexibility index (Phi) is 6.69. The molecule has 5 heterocycles. The number of nitrogens with zero attached hydrogens (tertiary/aromatic N) is 3. The lowest BCUT2D eigenvalue weighted by molar-refractivity contribution is -0.697. The van der Waals surface area contributed by atoms with Crippen LogP contribution in [0.1, 0.15) is 66.2 Å². The summed E-state index contributed by atoms with van der Waals surface area (Å²) in [5, 5.41) is 12.1. The van der Waals surface area contributed by atoms with Gasteiger partial charge in [-0.2, -0.15) is 0 Å². The quantitative estimate of drug-likeness (QED) is 0.135. The Bertz CT molecular complexity index is 1790. The lowest BCUT2D eigenvalue weighted by Crippen LogP contribution is -2.44. The number of hydrogen-bond acceptors (Lipinski definition) is 7. The molecular formula is C32H32N3O6+. The van der Waals surface area contributed by atoms with Gasteiger partial charge in [0.2, 0.25) is 0 Å². The summed E-state index contributed by atoms with van der Waals surface area (Å²) >= 11 is 0. The molecule has 0 fully saturated rings. The summed E-state index contributed by atoms with van der Waals surface area (Å²) in [5.74, 6) is 0.0486. The van der Waals surface area contributed by atoms with Crippen LogP contribution in [0.25, 0.3) is 22.3 Å². The molecule has 2 aliphatic heterocycles. The number of fused-ring (bicyclic) bond motifs is 5. The van der Waals surface area contributed by atoms with E-state index >= 15 is 0 Å². The maximum absolute atomic E-state index is 13.5. The first-order valence-corrected chi connectivity index (χ1v) is 14.0. The van der Waals surface area contributed by atoms with Gasteiger partial charge in [-0.25, -0.2) is 14.3 Å². The van der Waals surface area contributed by atoms with E-state index in [4.69, 9.17) is 14.5 Å². The summed E-state index contributed by atoms with van der Waals surface area (Å²) in [5.41, 5.74) is 3.34. The predicted octanol–water partition coefficient (Wildman–Crippen LogP) is 3.60. The van der Waals surface area contributed by atoms with Crippen LogP contribution in [0.5, 0.6) is 5.75 Å². The van der Waals surface area contributed by atoms with Crippen LogP contribution in [0.3, 0.4) is 0 Å². The molecule has 9 heteroatoms. The molecule has 1 aromatic carbocycles. The van der Waals surface area contributed by atoms with Crippen LogP contribution in [0, 0.1) is 0 Å². The number of aliphatic hydroxyl groups is 1. The molecule has 1 atom stereocenters. The molecule has 6 rings (SSSR count). The van der Waals surface area contributed by atoms with Crippen LogP contribution in [-0.2, 0) is 41.2 Å². The maximum atomic E-state index is 13.5. The number of carbonyl (C=O) groups is 2. The second kappa shape index (κ2) is 10.2. The average Bonchev–Trinajstić information content (AvgIpc) is 3.35. The maximum Gasteiger partial charge on any atom is 0.343 e. The number of aryl methyl sites for hydroxylation is 2. The van der Waals surface area contributed by atoms with Gasteiger partial charge in [0.15, 0.2) is 30.3 Å². The minimum Gasteiger partial charge on any atom is -0.493 e. The van der Waals surface area contributed by atoms with E-state index in [-0.39, 0.29) is 24.4 Å². The smallest absolute Gasteiger partial charge is 0.343 e. The summed E-state index contributed by atoms with van der Waals surface area (Å²) in [6.07, 6.45) is 5.40. The number of carbonyl (C=O) groups excluding carboxylic acids is 2. The second-order valence-corrected chi connectivity index (χ2v) is 10.6. The minimum absolute atomic E-state index is 0.0396. The van der Waals surface area contributed by atoms with Gasteiger partial charge in [0.1, 0.15) is 12.4 Å². The van der Waals surface area contributed by atoms with E-state index < -0.39 is 11.6 Å². The number of aromatic nitrogens is 3. The van der Waals surface area contributed by atoms with Gasteiger partial charge in [-0.15, -0.1) is 0 Å². The molecule has 2 aliphatic rings. The standard InChI is InChI=1S/C32H32N3O6/c1-4-22-23-14-21(40-13-7-12-34-11-6-8-20(16-34)19(3)36)9-10-27(23)33-29-24(22)17-35-28(29)15-26-25(30(35)37)18-41-31(38)32(26,39)5-2/h6,8-11,14-16,39H,4-5,7,12-13,17-18H2,1-3H3/q+1/t32-/m0/s1. The number of ketones is 1. The third-order valence-electron chi connectivity index (χ3n) is 8.22. The van der Waals surface area contributed by atoms with Gasteiger partial charge >= 0.3 is 5.97 Å². The average molecular weight is 555 g/mol. The molecule has 0 aliphatic carbocycles. The number of pyridine rings is 3. The van der Waals surface area contributed by atoms with Crippen LogP contribution >= 0.6 is 0 Å². The first-order chi connectivity index (χ1) is 19.7. The molecule has 0 radical (unpaired) electrons. The van der Waals surface area contributed by atoms with Gasteiger partial charge in [-0.1, -0.05) is 13.8 Å². The zero-order valence-electron chi connectivity index (χ0n) is 23.4. The molecular weight excluding hydrogens is 522 g/mol. The number of rotatable bonds is 8. The van der Waals surface area contributed by atoms with Gasteiger partial charge in [-0.3, -0.25) is 9.59 Å². The third kappa shape index (κ3) is 4.41. The zero-order chi connectivity index (χ0) is 28.9. The SMILES string of the molecule is CCc1c2c(nc3ccc(OCCC[n+]4cccc(C(C)=O)c4)cc13)-c1cc3c(c(=O)n1C2)COC(=O)[C@]3(O)CC. The van der Waals surface area contributed by atoms with E-state index in [1.54, 1.807) is 24.5 Å². The number of ether oxygens (including phenoxy) is 2. The van der Waals surface area contributed by atoms with E-state index in [9.17, 15) is 19.5 Å². The second-order valence-electron chi connectivity index (χ2n) is 10.6. The molecule has 0 amide bonds. The summed E-state index contributed by atoms with van der Waals surface area (Å²) in [6, 6.07) is 11.2. The molecule has 0 saturated heterocycles. The van der Waals surface area contributed by atoms with Crippen LogP contribution in [0.15, 0.2) is 53.6 Å². The zero-order valence-corrected chi connectivity index (χ0v) is 23.4. The number of benzene rings is 1.